The molecule has 0 aliphatic rings. The standard InChI is InChI=1S/C13H24N2O/c1-10(2)8-13(16,9-11(3)4)12-6-7-15(5)14-12/h6-7,10-11,16H,8-9H2,1-5H3. The average Bonchev–Trinajstić information content (AvgIpc) is 2.48. The third kappa shape index (κ3) is 3.34. The van der Waals surface area contributed by atoms with Crippen LogP contribution in [0.1, 0.15) is 46.2 Å². The van der Waals surface area contributed by atoms with Crippen molar-refractivity contribution < 1.29 is 5.11 Å². The molecule has 0 bridgehead atoms. The summed E-state index contributed by atoms with van der Waals surface area (Å²) in [5, 5.41) is 15.1. The van der Waals surface area contributed by atoms with Gasteiger partial charge in [-0.3, -0.25) is 4.68 Å². The number of aliphatic hydroxyl groups is 1. The molecule has 92 valence electrons. The molecule has 0 spiro atoms. The fraction of sp³-hybridized carbons (Fsp3) is 0.769. The highest BCUT2D eigenvalue weighted by Crippen LogP contribution is 2.33. The van der Waals surface area contributed by atoms with Crippen LogP contribution in [0.15, 0.2) is 12.3 Å². The Balaban J connectivity index is 2.94. The van der Waals surface area contributed by atoms with Crippen LogP contribution in [-0.4, -0.2) is 14.9 Å². The van der Waals surface area contributed by atoms with Gasteiger partial charge in [-0.05, 0) is 30.7 Å². The summed E-state index contributed by atoms with van der Waals surface area (Å²) < 4.78 is 1.75. The summed E-state index contributed by atoms with van der Waals surface area (Å²) in [5.74, 6) is 0.927. The molecule has 0 atom stereocenters. The predicted octanol–water partition coefficient (Wildman–Crippen LogP) is 2.70. The van der Waals surface area contributed by atoms with Crippen LogP contribution in [0.4, 0.5) is 0 Å². The van der Waals surface area contributed by atoms with Crippen molar-refractivity contribution in [2.45, 2.75) is 46.1 Å². The van der Waals surface area contributed by atoms with Crippen LogP contribution in [0.5, 0.6) is 0 Å². The summed E-state index contributed by atoms with van der Waals surface area (Å²) >= 11 is 0. The second-order valence-corrected chi connectivity index (χ2v) is 5.60. The van der Waals surface area contributed by atoms with E-state index in [2.05, 4.69) is 32.8 Å². The van der Waals surface area contributed by atoms with E-state index < -0.39 is 5.60 Å². The number of hydrogen-bond donors (Lipinski definition) is 1. The highest BCUT2D eigenvalue weighted by Gasteiger charge is 2.33. The van der Waals surface area contributed by atoms with Gasteiger partial charge in [0.1, 0.15) is 5.60 Å². The van der Waals surface area contributed by atoms with Gasteiger partial charge >= 0.3 is 0 Å². The third-order valence-electron chi connectivity index (χ3n) is 2.68. The molecule has 0 unspecified atom stereocenters. The van der Waals surface area contributed by atoms with Crippen molar-refractivity contribution in [2.24, 2.45) is 18.9 Å². The minimum atomic E-state index is -0.774. The third-order valence-corrected chi connectivity index (χ3v) is 2.68. The molecule has 3 heteroatoms. The van der Waals surface area contributed by atoms with Crippen molar-refractivity contribution in [3.63, 3.8) is 0 Å². The molecule has 0 saturated heterocycles. The summed E-state index contributed by atoms with van der Waals surface area (Å²) in [6.07, 6.45) is 3.42. The normalized spacial score (nSPS) is 12.8. The van der Waals surface area contributed by atoms with Gasteiger partial charge in [-0.1, -0.05) is 27.7 Å². The Morgan fingerprint density at radius 3 is 2.06 bits per heavy atom. The molecular weight excluding hydrogens is 200 g/mol. The molecule has 0 radical (unpaired) electrons. The first-order valence-corrected chi connectivity index (χ1v) is 6.06. The molecule has 0 saturated carbocycles. The summed E-state index contributed by atoms with van der Waals surface area (Å²) in [7, 11) is 1.88. The van der Waals surface area contributed by atoms with Crippen molar-refractivity contribution in [3.05, 3.63) is 18.0 Å². The lowest BCUT2D eigenvalue weighted by Gasteiger charge is -2.30. The van der Waals surface area contributed by atoms with E-state index in [-0.39, 0.29) is 0 Å². The predicted molar refractivity (Wildman–Crippen MR) is 66.0 cm³/mol. The number of aryl methyl sites for hydroxylation is 1. The maximum absolute atomic E-state index is 10.8. The van der Waals surface area contributed by atoms with Gasteiger partial charge in [0, 0.05) is 13.2 Å². The Morgan fingerprint density at radius 2 is 1.75 bits per heavy atom. The molecule has 0 aliphatic carbocycles. The molecule has 1 N–H and O–H groups in total. The van der Waals surface area contributed by atoms with Crippen LogP contribution in [0.2, 0.25) is 0 Å². The molecule has 1 aromatic heterocycles. The van der Waals surface area contributed by atoms with Crippen LogP contribution in [0, 0.1) is 11.8 Å². The van der Waals surface area contributed by atoms with Crippen molar-refractivity contribution >= 4 is 0 Å². The second kappa shape index (κ2) is 5.00. The minimum Gasteiger partial charge on any atom is -0.383 e. The molecule has 0 aliphatic heterocycles. The molecule has 1 rings (SSSR count). The summed E-state index contributed by atoms with van der Waals surface area (Å²) in [6.45, 7) is 8.53. The largest absolute Gasteiger partial charge is 0.383 e. The van der Waals surface area contributed by atoms with Crippen molar-refractivity contribution in [1.82, 2.24) is 9.78 Å². The first-order valence-electron chi connectivity index (χ1n) is 6.06. The van der Waals surface area contributed by atoms with Gasteiger partial charge in [0.15, 0.2) is 0 Å². The summed E-state index contributed by atoms with van der Waals surface area (Å²) in [5.41, 5.74) is 0.0289. The highest BCUT2D eigenvalue weighted by atomic mass is 16.3. The molecule has 0 fully saturated rings. The van der Waals surface area contributed by atoms with Crippen LogP contribution in [0.3, 0.4) is 0 Å². The van der Waals surface area contributed by atoms with Crippen LogP contribution in [0.25, 0.3) is 0 Å². The van der Waals surface area contributed by atoms with E-state index in [4.69, 9.17) is 0 Å². The maximum Gasteiger partial charge on any atom is 0.109 e. The van der Waals surface area contributed by atoms with E-state index in [9.17, 15) is 5.11 Å². The van der Waals surface area contributed by atoms with E-state index in [1.165, 1.54) is 0 Å². The Bertz CT molecular complexity index is 318. The van der Waals surface area contributed by atoms with Gasteiger partial charge in [-0.15, -0.1) is 0 Å². The van der Waals surface area contributed by atoms with Crippen LogP contribution in [-0.2, 0) is 12.6 Å². The number of nitrogens with zero attached hydrogens (tertiary/aromatic N) is 2. The molecule has 16 heavy (non-hydrogen) atoms. The van der Waals surface area contributed by atoms with Crippen molar-refractivity contribution in [2.75, 3.05) is 0 Å². The lowest BCUT2D eigenvalue weighted by Crippen LogP contribution is -2.30. The lowest BCUT2D eigenvalue weighted by molar-refractivity contribution is -0.00889. The number of aromatic nitrogens is 2. The van der Waals surface area contributed by atoms with E-state index in [0.29, 0.717) is 11.8 Å². The van der Waals surface area contributed by atoms with Gasteiger partial charge in [-0.25, -0.2) is 0 Å². The van der Waals surface area contributed by atoms with Crippen molar-refractivity contribution in [3.8, 4) is 0 Å². The first-order chi connectivity index (χ1) is 7.33. The SMILES string of the molecule is CC(C)CC(O)(CC(C)C)c1ccn(C)n1. The first kappa shape index (κ1) is 13.2. The molecule has 1 heterocycles. The second-order valence-electron chi connectivity index (χ2n) is 5.60. The Morgan fingerprint density at radius 1 is 1.25 bits per heavy atom. The zero-order valence-electron chi connectivity index (χ0n) is 11.1. The van der Waals surface area contributed by atoms with Crippen molar-refractivity contribution in [1.29, 1.82) is 0 Å². The highest BCUT2D eigenvalue weighted by molar-refractivity contribution is 5.11. The van der Waals surface area contributed by atoms with E-state index >= 15 is 0 Å². The molecule has 0 amide bonds. The average molecular weight is 224 g/mol. The zero-order valence-corrected chi connectivity index (χ0v) is 11.1. The maximum atomic E-state index is 10.8. The van der Waals surface area contributed by atoms with Gasteiger partial charge < -0.3 is 5.11 Å². The summed E-state index contributed by atoms with van der Waals surface area (Å²) in [6, 6.07) is 1.92. The quantitative estimate of drug-likeness (QED) is 0.835. The minimum absolute atomic E-state index is 0.464. The van der Waals surface area contributed by atoms with Gasteiger partial charge in [-0.2, -0.15) is 5.10 Å². The van der Waals surface area contributed by atoms with Gasteiger partial charge in [0.25, 0.3) is 0 Å². The Kier molecular flexibility index (Phi) is 4.14. The molecule has 1 aromatic rings. The molecular formula is C13H24N2O. The van der Waals surface area contributed by atoms with E-state index in [0.717, 1.165) is 18.5 Å². The summed E-state index contributed by atoms with van der Waals surface area (Å²) in [4.78, 5) is 0. The van der Waals surface area contributed by atoms with E-state index in [1.54, 1.807) is 4.68 Å². The number of rotatable bonds is 5. The van der Waals surface area contributed by atoms with Gasteiger partial charge in [0.05, 0.1) is 5.69 Å². The smallest absolute Gasteiger partial charge is 0.109 e. The monoisotopic (exact) mass is 224 g/mol. The topological polar surface area (TPSA) is 38.0 Å². The zero-order chi connectivity index (χ0) is 12.3. The fourth-order valence-corrected chi connectivity index (χ4v) is 2.31. The lowest BCUT2D eigenvalue weighted by atomic mass is 9.83. The number of hydrogen-bond acceptors (Lipinski definition) is 2. The van der Waals surface area contributed by atoms with Gasteiger partial charge in [0.2, 0.25) is 0 Å². The molecule has 3 nitrogen and oxygen atoms in total. The Labute approximate surface area is 98.5 Å². The fourth-order valence-electron chi connectivity index (χ4n) is 2.31. The van der Waals surface area contributed by atoms with Crippen LogP contribution < -0.4 is 0 Å². The van der Waals surface area contributed by atoms with E-state index in [1.807, 2.05) is 19.3 Å². The Hall–Kier alpha value is -0.830. The van der Waals surface area contributed by atoms with Crippen LogP contribution >= 0.6 is 0 Å². The molecule has 0 aromatic carbocycles.